The molecule has 0 aliphatic carbocycles. The summed E-state index contributed by atoms with van der Waals surface area (Å²) in [6.45, 7) is 0.722. The van der Waals surface area contributed by atoms with Gasteiger partial charge in [0.2, 0.25) is 0 Å². The summed E-state index contributed by atoms with van der Waals surface area (Å²) in [5.74, 6) is -1.01. The van der Waals surface area contributed by atoms with Crippen LogP contribution in [0.5, 0.6) is 0 Å². The van der Waals surface area contributed by atoms with E-state index in [9.17, 15) is 4.79 Å². The molecule has 0 rings (SSSR count). The van der Waals surface area contributed by atoms with Crippen LogP contribution >= 0.6 is 0 Å². The number of carboxylic acids is 1. The van der Waals surface area contributed by atoms with Crippen LogP contribution < -0.4 is 0 Å². The van der Waals surface area contributed by atoms with Crippen molar-refractivity contribution in [1.29, 1.82) is 0 Å². The van der Waals surface area contributed by atoms with Crippen LogP contribution in [0.4, 0.5) is 0 Å². The van der Waals surface area contributed by atoms with Crippen molar-refractivity contribution in [2.24, 2.45) is 0 Å². The maximum atomic E-state index is 10.1. The number of aliphatic hydroxyl groups excluding tert-OH is 2. The molecule has 0 aliphatic rings. The molecule has 72 valence electrons. The standard InChI is InChI=1S/C7H15NO4/c1-8(2-3-9)5-6(10)4-7(11)12/h6,9-10H,2-5H2,1H3,(H,11,12). The summed E-state index contributed by atoms with van der Waals surface area (Å²) >= 11 is 0. The zero-order valence-corrected chi connectivity index (χ0v) is 7.10. The van der Waals surface area contributed by atoms with Crippen LogP contribution in [0.3, 0.4) is 0 Å². The molecule has 0 amide bonds. The van der Waals surface area contributed by atoms with Gasteiger partial charge >= 0.3 is 5.97 Å². The minimum atomic E-state index is -1.01. The molecule has 5 nitrogen and oxygen atoms in total. The van der Waals surface area contributed by atoms with Crippen molar-refractivity contribution in [3.8, 4) is 0 Å². The van der Waals surface area contributed by atoms with E-state index in [4.69, 9.17) is 15.3 Å². The number of aliphatic carboxylic acids is 1. The number of hydrogen-bond donors (Lipinski definition) is 3. The Morgan fingerprint density at radius 1 is 1.58 bits per heavy atom. The maximum Gasteiger partial charge on any atom is 0.306 e. The molecule has 0 saturated carbocycles. The van der Waals surface area contributed by atoms with E-state index in [2.05, 4.69) is 0 Å². The normalized spacial score (nSPS) is 13.3. The van der Waals surface area contributed by atoms with Crippen molar-refractivity contribution in [3.63, 3.8) is 0 Å². The molecule has 0 aliphatic heterocycles. The third kappa shape index (κ3) is 6.09. The molecule has 1 atom stereocenters. The summed E-state index contributed by atoms with van der Waals surface area (Å²) in [5, 5.41) is 25.9. The average molecular weight is 177 g/mol. The van der Waals surface area contributed by atoms with Gasteiger partial charge in [-0.15, -0.1) is 0 Å². The number of rotatable bonds is 6. The van der Waals surface area contributed by atoms with Crippen molar-refractivity contribution in [3.05, 3.63) is 0 Å². The van der Waals surface area contributed by atoms with E-state index in [1.54, 1.807) is 11.9 Å². The predicted molar refractivity (Wildman–Crippen MR) is 42.8 cm³/mol. The molecule has 0 aromatic rings. The summed E-state index contributed by atoms with van der Waals surface area (Å²) < 4.78 is 0. The Morgan fingerprint density at radius 2 is 2.17 bits per heavy atom. The molecule has 0 spiro atoms. The Hall–Kier alpha value is -0.650. The van der Waals surface area contributed by atoms with Gasteiger partial charge in [0.25, 0.3) is 0 Å². The van der Waals surface area contributed by atoms with Crippen molar-refractivity contribution in [1.82, 2.24) is 4.90 Å². The van der Waals surface area contributed by atoms with E-state index in [0.717, 1.165) is 0 Å². The van der Waals surface area contributed by atoms with Crippen molar-refractivity contribution in [2.45, 2.75) is 12.5 Å². The fourth-order valence-corrected chi connectivity index (χ4v) is 0.888. The minimum absolute atomic E-state index is 0.0102. The van der Waals surface area contributed by atoms with Gasteiger partial charge in [0, 0.05) is 13.1 Å². The van der Waals surface area contributed by atoms with E-state index in [0.29, 0.717) is 6.54 Å². The van der Waals surface area contributed by atoms with Gasteiger partial charge in [-0.05, 0) is 7.05 Å². The lowest BCUT2D eigenvalue weighted by atomic mass is 10.2. The number of carboxylic acid groups (broad SMARTS) is 1. The van der Waals surface area contributed by atoms with E-state index in [-0.39, 0.29) is 19.6 Å². The molecule has 5 heteroatoms. The second kappa shape index (κ2) is 5.93. The monoisotopic (exact) mass is 177 g/mol. The number of hydrogen-bond acceptors (Lipinski definition) is 4. The van der Waals surface area contributed by atoms with E-state index >= 15 is 0 Å². The zero-order valence-electron chi connectivity index (χ0n) is 7.10. The highest BCUT2D eigenvalue weighted by Crippen LogP contribution is 1.94. The van der Waals surface area contributed by atoms with Crippen LogP contribution in [-0.4, -0.2) is 59.0 Å². The van der Waals surface area contributed by atoms with Crippen LogP contribution in [0.15, 0.2) is 0 Å². The van der Waals surface area contributed by atoms with Gasteiger partial charge in [0.05, 0.1) is 19.1 Å². The first-order valence-electron chi connectivity index (χ1n) is 3.75. The van der Waals surface area contributed by atoms with Crippen molar-refractivity contribution >= 4 is 5.97 Å². The first kappa shape index (κ1) is 11.4. The number of aliphatic hydroxyl groups is 2. The second-order valence-electron chi connectivity index (χ2n) is 2.74. The number of likely N-dealkylation sites (N-methyl/N-ethyl adjacent to an activating group) is 1. The summed E-state index contributed by atoms with van der Waals surface area (Å²) in [6, 6.07) is 0. The number of carbonyl (C=O) groups is 1. The van der Waals surface area contributed by atoms with Gasteiger partial charge in [-0.25, -0.2) is 0 Å². The quantitative estimate of drug-likeness (QED) is 0.472. The molecule has 0 aromatic carbocycles. The Kier molecular flexibility index (Phi) is 5.61. The van der Waals surface area contributed by atoms with E-state index in [1.165, 1.54) is 0 Å². The molecule has 3 N–H and O–H groups in total. The largest absolute Gasteiger partial charge is 0.481 e. The van der Waals surface area contributed by atoms with Crippen molar-refractivity contribution in [2.75, 3.05) is 26.7 Å². The van der Waals surface area contributed by atoms with Crippen LogP contribution in [0.2, 0.25) is 0 Å². The van der Waals surface area contributed by atoms with Gasteiger partial charge in [0.1, 0.15) is 0 Å². The summed E-state index contributed by atoms with van der Waals surface area (Å²) in [7, 11) is 1.71. The average Bonchev–Trinajstić information content (AvgIpc) is 1.84. The van der Waals surface area contributed by atoms with Gasteiger partial charge in [-0.3, -0.25) is 4.79 Å². The SMILES string of the molecule is CN(CCO)CC(O)CC(=O)O. The van der Waals surface area contributed by atoms with E-state index in [1.807, 2.05) is 0 Å². The Bertz CT molecular complexity index is 139. The highest BCUT2D eigenvalue weighted by Gasteiger charge is 2.11. The lowest BCUT2D eigenvalue weighted by molar-refractivity contribution is -0.139. The van der Waals surface area contributed by atoms with Crippen LogP contribution in [0.25, 0.3) is 0 Å². The van der Waals surface area contributed by atoms with Crippen LogP contribution in [0.1, 0.15) is 6.42 Å². The fraction of sp³-hybridized carbons (Fsp3) is 0.857. The molecule has 0 fully saturated rings. The maximum absolute atomic E-state index is 10.1. The first-order chi connectivity index (χ1) is 5.56. The molecular formula is C7H15NO4. The molecule has 0 aromatic heterocycles. The minimum Gasteiger partial charge on any atom is -0.481 e. The fourth-order valence-electron chi connectivity index (χ4n) is 0.888. The molecule has 12 heavy (non-hydrogen) atoms. The second-order valence-corrected chi connectivity index (χ2v) is 2.74. The Labute approximate surface area is 71.2 Å². The van der Waals surface area contributed by atoms with Crippen molar-refractivity contribution < 1.29 is 20.1 Å². The van der Waals surface area contributed by atoms with Crippen LogP contribution in [0, 0.1) is 0 Å². The first-order valence-corrected chi connectivity index (χ1v) is 3.75. The molecule has 0 radical (unpaired) electrons. The Morgan fingerprint density at radius 3 is 2.58 bits per heavy atom. The van der Waals surface area contributed by atoms with Gasteiger partial charge < -0.3 is 20.2 Å². The highest BCUT2D eigenvalue weighted by atomic mass is 16.4. The lowest BCUT2D eigenvalue weighted by Crippen LogP contribution is -2.32. The predicted octanol–water partition coefficient (Wildman–Crippen LogP) is -1.25. The number of nitrogens with zero attached hydrogens (tertiary/aromatic N) is 1. The van der Waals surface area contributed by atoms with Gasteiger partial charge in [0.15, 0.2) is 0 Å². The summed E-state index contributed by atoms with van der Waals surface area (Å²) in [5.41, 5.74) is 0. The smallest absolute Gasteiger partial charge is 0.306 e. The Balaban J connectivity index is 3.53. The van der Waals surface area contributed by atoms with Gasteiger partial charge in [-0.2, -0.15) is 0 Å². The molecule has 0 heterocycles. The van der Waals surface area contributed by atoms with E-state index < -0.39 is 12.1 Å². The summed E-state index contributed by atoms with van der Waals surface area (Å²) in [4.78, 5) is 11.8. The molecular weight excluding hydrogens is 162 g/mol. The molecule has 0 saturated heterocycles. The highest BCUT2D eigenvalue weighted by molar-refractivity contribution is 5.67. The third-order valence-electron chi connectivity index (χ3n) is 1.41. The van der Waals surface area contributed by atoms with Gasteiger partial charge in [-0.1, -0.05) is 0 Å². The van der Waals surface area contributed by atoms with Crippen LogP contribution in [-0.2, 0) is 4.79 Å². The molecule has 1 unspecified atom stereocenters. The summed E-state index contributed by atoms with van der Waals surface area (Å²) in [6.07, 6.45) is -1.12. The third-order valence-corrected chi connectivity index (χ3v) is 1.41. The zero-order chi connectivity index (χ0) is 9.56. The topological polar surface area (TPSA) is 81.0 Å². The lowest BCUT2D eigenvalue weighted by Gasteiger charge is -2.17. The molecule has 0 bridgehead atoms.